The summed E-state index contributed by atoms with van der Waals surface area (Å²) < 4.78 is 0. The molecule has 1 heterocycles. The van der Waals surface area contributed by atoms with E-state index in [0.717, 1.165) is 12.0 Å². The Morgan fingerprint density at radius 2 is 2.00 bits per heavy atom. The van der Waals surface area contributed by atoms with Crippen LogP contribution in [0, 0.1) is 0 Å². The molecule has 0 atom stereocenters. The minimum Gasteiger partial charge on any atom is -0.395 e. The summed E-state index contributed by atoms with van der Waals surface area (Å²) in [5, 5.41) is 9.61. The second kappa shape index (κ2) is 7.12. The lowest BCUT2D eigenvalue weighted by Crippen LogP contribution is -2.35. The molecule has 0 fully saturated rings. The van der Waals surface area contributed by atoms with Gasteiger partial charge in [0, 0.05) is 19.3 Å². The van der Waals surface area contributed by atoms with Crippen LogP contribution in [0.3, 0.4) is 0 Å². The molecule has 0 aliphatic heterocycles. The molecule has 0 aliphatic carbocycles. The van der Waals surface area contributed by atoms with Gasteiger partial charge in [0.25, 0.3) is 5.91 Å². The van der Waals surface area contributed by atoms with E-state index in [0.29, 0.717) is 23.8 Å². The summed E-state index contributed by atoms with van der Waals surface area (Å²) >= 11 is 5.81. The zero-order valence-corrected chi connectivity index (χ0v) is 11.8. The number of carbonyl (C=O) groups excluding carboxylic acids is 1. The number of nitrogens with zero attached hydrogens (tertiary/aromatic N) is 1. The minimum atomic E-state index is -0.151. The number of aromatic amines is 1. The highest BCUT2D eigenvalue weighted by Gasteiger charge is 2.16. The van der Waals surface area contributed by atoms with Crippen LogP contribution in [0.4, 0.5) is 0 Å². The fourth-order valence-electron chi connectivity index (χ4n) is 2.01. The van der Waals surface area contributed by atoms with Gasteiger partial charge in [-0.15, -0.1) is 0 Å². The van der Waals surface area contributed by atoms with Crippen molar-refractivity contribution in [3.63, 3.8) is 0 Å². The lowest BCUT2D eigenvalue weighted by atomic mass is 10.1. The Morgan fingerprint density at radius 1 is 1.25 bits per heavy atom. The molecule has 2 N–H and O–H groups in total. The molecular weight excluding hydrogens is 276 g/mol. The summed E-state index contributed by atoms with van der Waals surface area (Å²) in [6, 6.07) is 11.5. The van der Waals surface area contributed by atoms with Gasteiger partial charge in [-0.3, -0.25) is 4.79 Å². The summed E-state index contributed by atoms with van der Waals surface area (Å²) in [4.78, 5) is 16.8. The first kappa shape index (κ1) is 14.6. The monoisotopic (exact) mass is 292 g/mol. The number of hydrogen-bond acceptors (Lipinski definition) is 2. The highest BCUT2D eigenvalue weighted by atomic mass is 35.5. The molecule has 0 unspecified atom stereocenters. The highest BCUT2D eigenvalue weighted by Crippen LogP contribution is 2.12. The van der Waals surface area contributed by atoms with Gasteiger partial charge in [0.2, 0.25) is 0 Å². The van der Waals surface area contributed by atoms with Crippen molar-refractivity contribution in [2.75, 3.05) is 19.7 Å². The lowest BCUT2D eigenvalue weighted by Gasteiger charge is -2.21. The van der Waals surface area contributed by atoms with Crippen LogP contribution in [0.2, 0.25) is 5.02 Å². The number of aliphatic hydroxyl groups excluding tert-OH is 1. The number of carbonyl (C=O) groups is 1. The molecule has 0 bridgehead atoms. The van der Waals surface area contributed by atoms with Crippen LogP contribution in [0.1, 0.15) is 16.1 Å². The Kier molecular flexibility index (Phi) is 5.21. The number of hydrogen-bond donors (Lipinski definition) is 2. The smallest absolute Gasteiger partial charge is 0.270 e. The van der Waals surface area contributed by atoms with Gasteiger partial charge in [0.1, 0.15) is 5.69 Å². The minimum absolute atomic E-state index is 0.0605. The third-order valence-corrected chi connectivity index (χ3v) is 3.27. The van der Waals surface area contributed by atoms with Crippen LogP contribution in [-0.4, -0.2) is 40.6 Å². The molecule has 4 nitrogen and oxygen atoms in total. The van der Waals surface area contributed by atoms with Crippen LogP contribution in [0.15, 0.2) is 42.6 Å². The predicted molar refractivity (Wildman–Crippen MR) is 78.9 cm³/mol. The summed E-state index contributed by atoms with van der Waals surface area (Å²) in [6.07, 6.45) is 2.32. The first-order valence-corrected chi connectivity index (χ1v) is 6.86. The summed E-state index contributed by atoms with van der Waals surface area (Å²) in [5.74, 6) is -0.151. The molecule has 0 spiro atoms. The van der Waals surface area contributed by atoms with Crippen molar-refractivity contribution in [3.8, 4) is 0 Å². The molecule has 1 amide bonds. The summed E-state index contributed by atoms with van der Waals surface area (Å²) in [5.41, 5.74) is 1.60. The third kappa shape index (κ3) is 3.85. The normalized spacial score (nSPS) is 10.5. The van der Waals surface area contributed by atoms with Gasteiger partial charge in [0.05, 0.1) is 11.6 Å². The van der Waals surface area contributed by atoms with Gasteiger partial charge in [-0.1, -0.05) is 41.9 Å². The Labute approximate surface area is 123 Å². The number of aromatic nitrogens is 1. The highest BCUT2D eigenvalue weighted by molar-refractivity contribution is 6.30. The maximum absolute atomic E-state index is 12.3. The topological polar surface area (TPSA) is 56.3 Å². The molecule has 106 valence electrons. The molecule has 5 heteroatoms. The number of nitrogens with one attached hydrogen (secondary N) is 1. The molecule has 2 aromatic rings. The van der Waals surface area contributed by atoms with E-state index < -0.39 is 0 Å². The quantitative estimate of drug-likeness (QED) is 0.859. The van der Waals surface area contributed by atoms with Crippen LogP contribution in [0.5, 0.6) is 0 Å². The van der Waals surface area contributed by atoms with Crippen molar-refractivity contribution < 1.29 is 9.90 Å². The first-order chi connectivity index (χ1) is 9.70. The Bertz CT molecular complexity index is 554. The molecule has 0 saturated heterocycles. The lowest BCUT2D eigenvalue weighted by molar-refractivity contribution is 0.0719. The molecule has 20 heavy (non-hydrogen) atoms. The number of benzene rings is 1. The molecule has 2 rings (SSSR count). The Morgan fingerprint density at radius 3 is 2.60 bits per heavy atom. The van der Waals surface area contributed by atoms with Gasteiger partial charge in [-0.2, -0.15) is 0 Å². The van der Waals surface area contributed by atoms with E-state index in [1.54, 1.807) is 17.2 Å². The zero-order valence-electron chi connectivity index (χ0n) is 11.1. The van der Waals surface area contributed by atoms with Crippen LogP contribution < -0.4 is 0 Å². The molecule has 1 aromatic carbocycles. The molecule has 0 radical (unpaired) electrons. The number of amides is 1. The third-order valence-electron chi connectivity index (χ3n) is 3.05. The summed E-state index contributed by atoms with van der Waals surface area (Å²) in [7, 11) is 0. The fraction of sp³-hybridized carbons (Fsp3) is 0.267. The van der Waals surface area contributed by atoms with Gasteiger partial charge < -0.3 is 15.0 Å². The second-order valence-corrected chi connectivity index (χ2v) is 4.92. The van der Waals surface area contributed by atoms with E-state index >= 15 is 0 Å². The van der Waals surface area contributed by atoms with Crippen LogP contribution >= 0.6 is 11.6 Å². The molecular formula is C15H17ClN2O2. The SMILES string of the molecule is O=C(c1cc(Cl)c[nH]1)N(CCO)CCc1ccccc1. The first-order valence-electron chi connectivity index (χ1n) is 6.48. The average Bonchev–Trinajstić information content (AvgIpc) is 2.90. The van der Waals surface area contributed by atoms with Gasteiger partial charge >= 0.3 is 0 Å². The number of H-pyrrole nitrogens is 1. The van der Waals surface area contributed by atoms with Crippen molar-refractivity contribution in [2.45, 2.75) is 6.42 Å². The van der Waals surface area contributed by atoms with E-state index in [4.69, 9.17) is 16.7 Å². The second-order valence-electron chi connectivity index (χ2n) is 4.48. The zero-order chi connectivity index (χ0) is 14.4. The molecule has 0 saturated carbocycles. The fourth-order valence-corrected chi connectivity index (χ4v) is 2.17. The van der Waals surface area contributed by atoms with E-state index in [1.165, 1.54) is 0 Å². The standard InChI is InChI=1S/C15H17ClN2O2/c16-13-10-14(17-11-13)15(20)18(8-9-19)7-6-12-4-2-1-3-5-12/h1-5,10-11,17,19H,6-9H2. The summed E-state index contributed by atoms with van der Waals surface area (Å²) in [6.45, 7) is 0.803. The van der Waals surface area contributed by atoms with Crippen molar-refractivity contribution in [3.05, 3.63) is 58.9 Å². The maximum atomic E-state index is 12.3. The van der Waals surface area contributed by atoms with E-state index in [9.17, 15) is 4.79 Å². The van der Waals surface area contributed by atoms with Crippen molar-refractivity contribution in [2.24, 2.45) is 0 Å². The van der Waals surface area contributed by atoms with E-state index in [2.05, 4.69) is 4.98 Å². The van der Waals surface area contributed by atoms with Crippen molar-refractivity contribution >= 4 is 17.5 Å². The van der Waals surface area contributed by atoms with Crippen LogP contribution in [0.25, 0.3) is 0 Å². The Balaban J connectivity index is 2.01. The average molecular weight is 293 g/mol. The molecule has 0 aliphatic rings. The van der Waals surface area contributed by atoms with E-state index in [1.807, 2.05) is 30.3 Å². The van der Waals surface area contributed by atoms with Crippen molar-refractivity contribution in [1.29, 1.82) is 0 Å². The largest absolute Gasteiger partial charge is 0.395 e. The predicted octanol–water partition coefficient (Wildman–Crippen LogP) is 2.35. The van der Waals surface area contributed by atoms with Gasteiger partial charge in [0.15, 0.2) is 0 Å². The maximum Gasteiger partial charge on any atom is 0.270 e. The van der Waals surface area contributed by atoms with Crippen LogP contribution in [-0.2, 0) is 6.42 Å². The Hall–Kier alpha value is -1.78. The number of aliphatic hydroxyl groups is 1. The van der Waals surface area contributed by atoms with Gasteiger partial charge in [-0.25, -0.2) is 0 Å². The van der Waals surface area contributed by atoms with Crippen molar-refractivity contribution in [1.82, 2.24) is 9.88 Å². The molecule has 1 aromatic heterocycles. The van der Waals surface area contributed by atoms with E-state index in [-0.39, 0.29) is 12.5 Å². The number of rotatable bonds is 6. The van der Waals surface area contributed by atoms with Gasteiger partial charge in [-0.05, 0) is 18.1 Å². The number of halogens is 1.